The van der Waals surface area contributed by atoms with Crippen molar-refractivity contribution in [2.75, 3.05) is 27.9 Å². The monoisotopic (exact) mass is 689 g/mol. The van der Waals surface area contributed by atoms with Gasteiger partial charge in [0, 0.05) is 58.1 Å². The van der Waals surface area contributed by atoms with Gasteiger partial charge in [0.25, 0.3) is 5.91 Å². The molecule has 2 saturated heterocycles. The molecule has 0 aromatic heterocycles. The normalized spacial score (nSPS) is 29.0. The molecular formula is C37H59NO9Si. The molecule has 0 saturated carbocycles. The molecule has 8 atom stereocenters. The van der Waals surface area contributed by atoms with E-state index in [1.807, 2.05) is 13.8 Å². The average Bonchev–Trinajstić information content (AvgIpc) is 3.08. The predicted octanol–water partition coefficient (Wildman–Crippen LogP) is 6.78. The van der Waals surface area contributed by atoms with Crippen LogP contribution in [0.5, 0.6) is 0 Å². The Hall–Kier alpha value is -2.25. The van der Waals surface area contributed by atoms with E-state index >= 15 is 0 Å². The lowest BCUT2D eigenvalue weighted by Crippen LogP contribution is -2.58. The van der Waals surface area contributed by atoms with Crippen molar-refractivity contribution < 1.29 is 42.4 Å². The number of ether oxygens (including phenoxy) is 6. The summed E-state index contributed by atoms with van der Waals surface area (Å²) in [6.45, 7) is 19.5. The topological polar surface area (TPSA) is 111 Å². The third-order valence-corrected chi connectivity index (χ3v) is 15.4. The summed E-state index contributed by atoms with van der Waals surface area (Å²) in [7, 11) is 2.75. The van der Waals surface area contributed by atoms with E-state index in [0.29, 0.717) is 25.0 Å². The van der Waals surface area contributed by atoms with Gasteiger partial charge in [-0.3, -0.25) is 4.79 Å². The largest absolute Gasteiger partial charge is 0.443 e. The smallest absolute Gasteiger partial charge is 0.339 e. The number of carbonyl (C=O) groups is 2. The minimum Gasteiger partial charge on any atom is -0.443 e. The van der Waals surface area contributed by atoms with E-state index in [0.717, 1.165) is 23.7 Å². The lowest BCUT2D eigenvalue weighted by molar-refractivity contribution is -0.296. The lowest BCUT2D eigenvalue weighted by atomic mass is 9.74. The van der Waals surface area contributed by atoms with E-state index in [2.05, 4.69) is 46.2 Å². The number of benzene rings is 1. The highest BCUT2D eigenvalue weighted by atomic mass is 28.4. The van der Waals surface area contributed by atoms with Crippen molar-refractivity contribution in [2.45, 2.75) is 128 Å². The standard InChI is InChI=1S/C37H59NO9Si/c1-12-48(13-2,14-3)47-32-20-29(44-31(36(32,7)8)21-30(42-10)24-41-9)23-38-34(39)33(45-35(40)28-18-16-15-17-19-28)37(43-11)22-25(4)26(5)27(6)46-37/h15-19,23,26-27,29-33H,4,12-14,20-22,24H2,1-3,5-11H3/b38-23+/t26-,27-,29+,30+,31-,32-,33-,37-/m1/s1. The fourth-order valence-electron chi connectivity index (χ4n) is 6.73. The first-order chi connectivity index (χ1) is 22.7. The Morgan fingerprint density at radius 2 is 1.73 bits per heavy atom. The van der Waals surface area contributed by atoms with E-state index in [1.165, 1.54) is 13.3 Å². The minimum absolute atomic E-state index is 0.0179. The van der Waals surface area contributed by atoms with Crippen molar-refractivity contribution in [3.8, 4) is 0 Å². The molecule has 11 heteroatoms. The Labute approximate surface area is 289 Å². The van der Waals surface area contributed by atoms with Gasteiger partial charge in [0.1, 0.15) is 0 Å². The summed E-state index contributed by atoms with van der Waals surface area (Å²) in [6, 6.07) is 11.5. The number of amides is 1. The van der Waals surface area contributed by atoms with Gasteiger partial charge >= 0.3 is 5.97 Å². The maximum atomic E-state index is 14.1. The number of esters is 1. The van der Waals surface area contributed by atoms with Crippen molar-refractivity contribution in [3.63, 3.8) is 0 Å². The van der Waals surface area contributed by atoms with Gasteiger partial charge in [-0.2, -0.15) is 0 Å². The van der Waals surface area contributed by atoms with Gasteiger partial charge in [0.15, 0.2) is 8.32 Å². The van der Waals surface area contributed by atoms with Crippen LogP contribution in [0, 0.1) is 11.3 Å². The molecule has 10 nitrogen and oxygen atoms in total. The number of aliphatic imine (C=N–C) groups is 1. The van der Waals surface area contributed by atoms with Crippen LogP contribution < -0.4 is 0 Å². The van der Waals surface area contributed by atoms with Gasteiger partial charge in [-0.25, -0.2) is 9.79 Å². The number of hydrogen-bond donors (Lipinski definition) is 0. The van der Waals surface area contributed by atoms with Crippen LogP contribution in [0.2, 0.25) is 18.1 Å². The van der Waals surface area contributed by atoms with Gasteiger partial charge < -0.3 is 32.8 Å². The lowest BCUT2D eigenvalue weighted by Gasteiger charge is -2.50. The summed E-state index contributed by atoms with van der Waals surface area (Å²) in [5.74, 6) is -2.99. The molecule has 0 bridgehead atoms. The second-order valence-electron chi connectivity index (χ2n) is 13.8. The number of hydrogen-bond acceptors (Lipinski definition) is 9. The molecular weight excluding hydrogens is 630 g/mol. The van der Waals surface area contributed by atoms with Crippen LogP contribution in [0.25, 0.3) is 0 Å². The van der Waals surface area contributed by atoms with Gasteiger partial charge in [-0.1, -0.05) is 71.9 Å². The molecule has 1 amide bonds. The quantitative estimate of drug-likeness (QED) is 0.0803. The Morgan fingerprint density at radius 3 is 2.27 bits per heavy atom. The SMILES string of the molecule is C=C1C[C@](OC)([C@H](OC(=O)c2ccccc2)C(=O)/N=C/[C@@H]2C[C@@H](O[Si](CC)(CC)CC)C(C)(C)[C@@H](C[C@@H](COC)OC)O2)O[C@H](C)[C@@H]1C. The van der Waals surface area contributed by atoms with Crippen LogP contribution in [0.4, 0.5) is 0 Å². The minimum atomic E-state index is -2.01. The van der Waals surface area contributed by atoms with Gasteiger partial charge in [0.05, 0.1) is 42.7 Å². The molecule has 2 aliphatic rings. The van der Waals surface area contributed by atoms with Gasteiger partial charge in [-0.05, 0) is 37.2 Å². The first kappa shape index (κ1) is 40.2. The number of rotatable bonds is 16. The van der Waals surface area contributed by atoms with Crippen LogP contribution in [0.1, 0.15) is 78.1 Å². The maximum Gasteiger partial charge on any atom is 0.339 e. The third kappa shape index (κ3) is 9.29. The van der Waals surface area contributed by atoms with E-state index < -0.39 is 38.2 Å². The number of nitrogens with zero attached hydrogens (tertiary/aromatic N) is 1. The van der Waals surface area contributed by atoms with Crippen molar-refractivity contribution in [1.29, 1.82) is 0 Å². The van der Waals surface area contributed by atoms with Crippen LogP contribution in [-0.2, 0) is 37.6 Å². The Bertz CT molecular complexity index is 1230. The van der Waals surface area contributed by atoms with Crippen molar-refractivity contribution in [3.05, 3.63) is 48.0 Å². The Balaban J connectivity index is 1.99. The molecule has 0 aliphatic carbocycles. The van der Waals surface area contributed by atoms with Crippen LogP contribution in [0.15, 0.2) is 47.5 Å². The van der Waals surface area contributed by atoms with Crippen LogP contribution in [0.3, 0.4) is 0 Å². The molecule has 0 N–H and O–H groups in total. The summed E-state index contributed by atoms with van der Waals surface area (Å²) < 4.78 is 43.0. The summed E-state index contributed by atoms with van der Waals surface area (Å²) in [4.78, 5) is 31.8. The zero-order valence-electron chi connectivity index (χ0n) is 30.8. The number of methoxy groups -OCH3 is 3. The van der Waals surface area contributed by atoms with Crippen molar-refractivity contribution in [1.82, 2.24) is 0 Å². The van der Waals surface area contributed by atoms with Crippen molar-refractivity contribution in [2.24, 2.45) is 16.3 Å². The number of carbonyl (C=O) groups excluding carboxylic acids is 2. The molecule has 48 heavy (non-hydrogen) atoms. The summed E-state index contributed by atoms with van der Waals surface area (Å²) in [5, 5.41) is 0. The molecule has 2 fully saturated rings. The van der Waals surface area contributed by atoms with Crippen molar-refractivity contribution >= 4 is 26.4 Å². The third-order valence-electron chi connectivity index (χ3n) is 10.7. The molecule has 2 heterocycles. The highest BCUT2D eigenvalue weighted by Gasteiger charge is 2.53. The maximum absolute atomic E-state index is 14.1. The molecule has 2 aliphatic heterocycles. The molecule has 0 radical (unpaired) electrons. The zero-order chi connectivity index (χ0) is 35.7. The highest BCUT2D eigenvalue weighted by molar-refractivity contribution is 6.73. The van der Waals surface area contributed by atoms with Crippen LogP contribution >= 0.6 is 0 Å². The summed E-state index contributed by atoms with van der Waals surface area (Å²) in [6.07, 6.45) is -0.222. The second kappa shape index (κ2) is 17.6. The predicted molar refractivity (Wildman–Crippen MR) is 189 cm³/mol. The molecule has 0 spiro atoms. The van der Waals surface area contributed by atoms with Gasteiger partial charge in [-0.15, -0.1) is 0 Å². The van der Waals surface area contributed by atoms with E-state index in [-0.39, 0.29) is 42.2 Å². The van der Waals surface area contributed by atoms with E-state index in [9.17, 15) is 9.59 Å². The van der Waals surface area contributed by atoms with E-state index in [1.54, 1.807) is 44.6 Å². The Kier molecular flexibility index (Phi) is 14.7. The first-order valence-electron chi connectivity index (χ1n) is 17.3. The molecule has 270 valence electrons. The van der Waals surface area contributed by atoms with Gasteiger partial charge in [0.2, 0.25) is 11.9 Å². The average molecular weight is 690 g/mol. The first-order valence-corrected chi connectivity index (χ1v) is 19.9. The molecule has 0 unspecified atom stereocenters. The molecule has 3 rings (SSSR count). The second-order valence-corrected chi connectivity index (χ2v) is 18.6. The molecule has 1 aromatic rings. The van der Waals surface area contributed by atoms with Crippen LogP contribution in [-0.4, -0.2) is 96.8 Å². The fourth-order valence-corrected chi connectivity index (χ4v) is 9.73. The van der Waals surface area contributed by atoms with E-state index in [4.69, 9.17) is 32.8 Å². The summed E-state index contributed by atoms with van der Waals surface area (Å²) in [5.41, 5.74) is 0.766. The highest BCUT2D eigenvalue weighted by Crippen LogP contribution is 2.43. The summed E-state index contributed by atoms with van der Waals surface area (Å²) >= 11 is 0. The zero-order valence-corrected chi connectivity index (χ0v) is 31.8. The Morgan fingerprint density at radius 1 is 1.08 bits per heavy atom. The fraction of sp³-hybridized carbons (Fsp3) is 0.703. The molecule has 1 aromatic carbocycles.